The third-order valence-electron chi connectivity index (χ3n) is 5.32. The summed E-state index contributed by atoms with van der Waals surface area (Å²) in [5, 5.41) is 5.29. The van der Waals surface area contributed by atoms with Crippen molar-refractivity contribution in [3.63, 3.8) is 0 Å². The maximum Gasteiger partial charge on any atom is 0.241 e. The Kier molecular flexibility index (Phi) is 6.39. The molecule has 0 unspecified atom stereocenters. The molecule has 0 bridgehead atoms. The summed E-state index contributed by atoms with van der Waals surface area (Å²) >= 11 is 0. The largest absolute Gasteiger partial charge is 0.493 e. The number of likely N-dealkylation sites (N-methyl/N-ethyl adjacent to an activating group) is 1. The number of nitrogens with one attached hydrogen (secondary N) is 1. The molecule has 0 saturated carbocycles. The smallest absolute Gasteiger partial charge is 0.241 e. The van der Waals surface area contributed by atoms with E-state index in [0.29, 0.717) is 18.0 Å². The van der Waals surface area contributed by atoms with Crippen LogP contribution in [0.15, 0.2) is 54.6 Å². The normalized spacial score (nSPS) is 12.1. The molecule has 0 heterocycles. The molecule has 0 aliphatic heterocycles. The Morgan fingerprint density at radius 1 is 1.00 bits per heavy atom. The summed E-state index contributed by atoms with van der Waals surface area (Å²) < 4.78 is 10.8. The van der Waals surface area contributed by atoms with Crippen molar-refractivity contribution in [2.24, 2.45) is 0 Å². The maximum absolute atomic E-state index is 12.8. The molecule has 0 saturated heterocycles. The minimum absolute atomic E-state index is 0.0408. The second kappa shape index (κ2) is 8.97. The van der Waals surface area contributed by atoms with E-state index in [1.165, 1.54) is 0 Å². The van der Waals surface area contributed by atoms with Gasteiger partial charge in [-0.25, -0.2) is 0 Å². The molecule has 0 fully saturated rings. The summed E-state index contributed by atoms with van der Waals surface area (Å²) in [5.41, 5.74) is 2.99. The Balaban J connectivity index is 1.70. The first-order chi connectivity index (χ1) is 13.9. The summed E-state index contributed by atoms with van der Waals surface area (Å²) in [5.74, 6) is 1.36. The van der Waals surface area contributed by atoms with E-state index in [1.54, 1.807) is 14.2 Å². The van der Waals surface area contributed by atoms with E-state index >= 15 is 0 Å². The topological polar surface area (TPSA) is 50.8 Å². The molecule has 0 aliphatic rings. The predicted octanol–water partition coefficient (Wildman–Crippen LogP) is 4.62. The fourth-order valence-corrected chi connectivity index (χ4v) is 3.31. The lowest BCUT2D eigenvalue weighted by Gasteiger charge is -2.25. The Morgan fingerprint density at radius 2 is 1.66 bits per heavy atom. The number of hydrogen-bond donors (Lipinski definition) is 1. The molecule has 5 nitrogen and oxygen atoms in total. The molecule has 0 aromatic heterocycles. The average molecular weight is 392 g/mol. The van der Waals surface area contributed by atoms with Gasteiger partial charge in [0.2, 0.25) is 5.91 Å². The van der Waals surface area contributed by atoms with E-state index in [2.05, 4.69) is 11.4 Å². The van der Waals surface area contributed by atoms with Crippen molar-refractivity contribution in [2.75, 3.05) is 26.6 Å². The highest BCUT2D eigenvalue weighted by atomic mass is 16.5. The highest BCUT2D eigenvalue weighted by Gasteiger charge is 2.20. The van der Waals surface area contributed by atoms with Gasteiger partial charge in [0.15, 0.2) is 11.5 Å². The van der Waals surface area contributed by atoms with Gasteiger partial charge in [0.05, 0.1) is 20.3 Å². The van der Waals surface area contributed by atoms with Crippen molar-refractivity contribution in [1.82, 2.24) is 4.90 Å². The molecular weight excluding hydrogens is 364 g/mol. The molecule has 1 amide bonds. The van der Waals surface area contributed by atoms with Gasteiger partial charge in [0, 0.05) is 12.2 Å². The third kappa shape index (κ3) is 4.69. The lowest BCUT2D eigenvalue weighted by atomic mass is 10.1. The van der Waals surface area contributed by atoms with Crippen molar-refractivity contribution >= 4 is 22.4 Å². The Morgan fingerprint density at radius 3 is 2.34 bits per heavy atom. The number of carbonyl (C=O) groups is 1. The van der Waals surface area contributed by atoms with Gasteiger partial charge in [-0.15, -0.1) is 0 Å². The molecule has 29 heavy (non-hydrogen) atoms. The third-order valence-corrected chi connectivity index (χ3v) is 5.32. The molecule has 0 radical (unpaired) electrons. The van der Waals surface area contributed by atoms with Gasteiger partial charge in [0.1, 0.15) is 0 Å². The number of amides is 1. The van der Waals surface area contributed by atoms with Crippen molar-refractivity contribution in [3.8, 4) is 11.5 Å². The number of aryl methyl sites for hydroxylation is 1. The van der Waals surface area contributed by atoms with Gasteiger partial charge in [0.25, 0.3) is 0 Å². The zero-order valence-electron chi connectivity index (χ0n) is 17.7. The lowest BCUT2D eigenvalue weighted by Crippen LogP contribution is -2.39. The first kappa shape index (κ1) is 20.7. The van der Waals surface area contributed by atoms with Crippen LogP contribution in [-0.2, 0) is 11.3 Å². The number of fused-ring (bicyclic) bond motifs is 1. The molecule has 3 aromatic carbocycles. The number of rotatable bonds is 7. The van der Waals surface area contributed by atoms with E-state index in [0.717, 1.165) is 27.6 Å². The molecule has 5 heteroatoms. The van der Waals surface area contributed by atoms with Crippen molar-refractivity contribution in [2.45, 2.75) is 26.4 Å². The van der Waals surface area contributed by atoms with Crippen molar-refractivity contribution < 1.29 is 14.3 Å². The van der Waals surface area contributed by atoms with E-state index in [-0.39, 0.29) is 11.9 Å². The van der Waals surface area contributed by atoms with Crippen LogP contribution < -0.4 is 14.8 Å². The second-order valence-corrected chi connectivity index (χ2v) is 7.28. The first-order valence-corrected chi connectivity index (χ1v) is 9.64. The second-order valence-electron chi connectivity index (χ2n) is 7.28. The van der Waals surface area contributed by atoms with Crippen molar-refractivity contribution in [3.05, 3.63) is 65.7 Å². The van der Waals surface area contributed by atoms with E-state index < -0.39 is 0 Å². The van der Waals surface area contributed by atoms with Crippen LogP contribution in [0.1, 0.15) is 18.1 Å². The van der Waals surface area contributed by atoms with E-state index in [1.807, 2.05) is 74.3 Å². The zero-order chi connectivity index (χ0) is 21.0. The quantitative estimate of drug-likeness (QED) is 0.637. The van der Waals surface area contributed by atoms with Crippen LogP contribution in [0.25, 0.3) is 10.8 Å². The molecular formula is C24H28N2O3. The number of ether oxygens (including phenoxy) is 2. The number of nitrogens with zero attached hydrogens (tertiary/aromatic N) is 1. The van der Waals surface area contributed by atoms with Gasteiger partial charge in [-0.3, -0.25) is 9.69 Å². The monoisotopic (exact) mass is 392 g/mol. The standard InChI is InChI=1S/C24H28N2O3/c1-16-12-22(28-4)23(29-5)14-20(16)15-26(3)17(2)24(27)25-21-11-10-18-8-6-7-9-19(18)13-21/h6-14,17H,15H2,1-5H3,(H,25,27)/t17-/m0/s1. The highest BCUT2D eigenvalue weighted by molar-refractivity contribution is 5.97. The van der Waals surface area contributed by atoms with Gasteiger partial charge in [-0.1, -0.05) is 30.3 Å². The Labute approximate surface area is 172 Å². The van der Waals surface area contributed by atoms with Gasteiger partial charge >= 0.3 is 0 Å². The van der Waals surface area contributed by atoms with Crippen LogP contribution in [0.4, 0.5) is 5.69 Å². The zero-order valence-corrected chi connectivity index (χ0v) is 17.7. The Bertz CT molecular complexity index is 1020. The summed E-state index contributed by atoms with van der Waals surface area (Å²) in [6.07, 6.45) is 0. The first-order valence-electron chi connectivity index (χ1n) is 9.64. The number of methoxy groups -OCH3 is 2. The molecule has 0 spiro atoms. The molecule has 0 aliphatic carbocycles. The number of benzene rings is 3. The minimum Gasteiger partial charge on any atom is -0.493 e. The average Bonchev–Trinajstić information content (AvgIpc) is 2.73. The molecule has 1 N–H and O–H groups in total. The van der Waals surface area contributed by atoms with Crippen LogP contribution in [0, 0.1) is 6.92 Å². The van der Waals surface area contributed by atoms with Crippen LogP contribution in [0.2, 0.25) is 0 Å². The summed E-state index contributed by atoms with van der Waals surface area (Å²) in [4.78, 5) is 14.8. The SMILES string of the molecule is COc1cc(C)c(CN(C)[C@@H](C)C(=O)Nc2ccc3ccccc3c2)cc1OC. The van der Waals surface area contributed by atoms with Gasteiger partial charge in [-0.2, -0.15) is 0 Å². The summed E-state index contributed by atoms with van der Waals surface area (Å²) in [6.45, 7) is 4.57. The van der Waals surface area contributed by atoms with E-state index in [4.69, 9.17) is 9.47 Å². The van der Waals surface area contributed by atoms with Crippen LogP contribution >= 0.6 is 0 Å². The Hall–Kier alpha value is -3.05. The fraction of sp³-hybridized carbons (Fsp3) is 0.292. The van der Waals surface area contributed by atoms with Gasteiger partial charge in [-0.05, 0) is 67.1 Å². The summed E-state index contributed by atoms with van der Waals surface area (Å²) in [7, 11) is 5.20. The van der Waals surface area contributed by atoms with Crippen molar-refractivity contribution in [1.29, 1.82) is 0 Å². The summed E-state index contributed by atoms with van der Waals surface area (Å²) in [6, 6.07) is 17.7. The fourth-order valence-electron chi connectivity index (χ4n) is 3.31. The van der Waals surface area contributed by atoms with E-state index in [9.17, 15) is 4.79 Å². The lowest BCUT2D eigenvalue weighted by molar-refractivity contribution is -0.120. The van der Waals surface area contributed by atoms with Gasteiger partial charge < -0.3 is 14.8 Å². The number of anilines is 1. The molecule has 3 rings (SSSR count). The number of hydrogen-bond acceptors (Lipinski definition) is 4. The minimum atomic E-state index is -0.297. The maximum atomic E-state index is 12.8. The molecule has 1 atom stereocenters. The highest BCUT2D eigenvalue weighted by Crippen LogP contribution is 2.31. The van der Waals surface area contributed by atoms with Crippen LogP contribution in [0.5, 0.6) is 11.5 Å². The number of carbonyl (C=O) groups excluding carboxylic acids is 1. The molecule has 152 valence electrons. The van der Waals surface area contributed by atoms with Crippen LogP contribution in [0.3, 0.4) is 0 Å². The van der Waals surface area contributed by atoms with Crippen LogP contribution in [-0.4, -0.2) is 38.1 Å². The predicted molar refractivity (Wildman–Crippen MR) is 118 cm³/mol. The molecule has 3 aromatic rings.